The topological polar surface area (TPSA) is 140 Å². The minimum atomic E-state index is -3.65. The number of hydrogen-bond acceptors (Lipinski definition) is 8. The van der Waals surface area contributed by atoms with Crippen molar-refractivity contribution in [2.45, 2.75) is 0 Å². The van der Waals surface area contributed by atoms with E-state index in [1.54, 1.807) is 0 Å². The third kappa shape index (κ3) is 7.22. The largest absolute Gasteiger partial charge is 0.673 e. The summed E-state index contributed by atoms with van der Waals surface area (Å²) in [5.41, 5.74) is -1.11. The zero-order chi connectivity index (χ0) is 13.2. The van der Waals surface area contributed by atoms with Crippen molar-refractivity contribution in [2.24, 2.45) is 5.41 Å². The van der Waals surface area contributed by atoms with E-state index in [1.165, 1.54) is 14.2 Å². The SMILES string of the molecule is CO[Si](O)(O)OC.OCC(CO)(CO)CO. The van der Waals surface area contributed by atoms with Gasteiger partial charge in [-0.2, -0.15) is 0 Å². The van der Waals surface area contributed by atoms with E-state index < -0.39 is 40.9 Å². The second kappa shape index (κ2) is 8.98. The second-order valence-electron chi connectivity index (χ2n) is 3.09. The Labute approximate surface area is 94.8 Å². The first-order valence-corrected chi connectivity index (χ1v) is 6.06. The molecule has 0 saturated heterocycles. The molecule has 0 atom stereocenters. The van der Waals surface area contributed by atoms with Crippen molar-refractivity contribution in [1.82, 2.24) is 0 Å². The van der Waals surface area contributed by atoms with Crippen LogP contribution in [0.4, 0.5) is 0 Å². The van der Waals surface area contributed by atoms with Crippen molar-refractivity contribution >= 4 is 9.05 Å². The van der Waals surface area contributed by atoms with Gasteiger partial charge in [0.25, 0.3) is 0 Å². The maximum Gasteiger partial charge on any atom is 0.673 e. The number of rotatable bonds is 6. The molecule has 0 aliphatic heterocycles. The Morgan fingerprint density at radius 3 is 1.06 bits per heavy atom. The van der Waals surface area contributed by atoms with Crippen LogP contribution in [0.25, 0.3) is 0 Å². The molecular weight excluding hydrogens is 240 g/mol. The van der Waals surface area contributed by atoms with E-state index in [-0.39, 0.29) is 0 Å². The van der Waals surface area contributed by atoms with E-state index in [1.807, 2.05) is 0 Å². The van der Waals surface area contributed by atoms with Crippen LogP contribution in [-0.4, -0.2) is 79.7 Å². The molecular formula is C7H20O8Si. The normalized spacial score (nSPS) is 12.0. The zero-order valence-electron chi connectivity index (χ0n) is 9.33. The fraction of sp³-hybridized carbons (Fsp3) is 1.00. The molecule has 0 aliphatic carbocycles. The van der Waals surface area contributed by atoms with Crippen LogP contribution in [0.5, 0.6) is 0 Å². The van der Waals surface area contributed by atoms with Gasteiger partial charge in [-0.15, -0.1) is 0 Å². The van der Waals surface area contributed by atoms with Gasteiger partial charge in [0.1, 0.15) is 0 Å². The number of aliphatic hydroxyl groups excluding tert-OH is 4. The number of aliphatic hydroxyl groups is 4. The molecule has 0 heterocycles. The summed E-state index contributed by atoms with van der Waals surface area (Å²) in [6.07, 6.45) is 0. The smallest absolute Gasteiger partial charge is 0.396 e. The van der Waals surface area contributed by atoms with E-state index in [4.69, 9.17) is 30.0 Å². The molecule has 0 aromatic heterocycles. The highest BCUT2D eigenvalue weighted by molar-refractivity contribution is 6.50. The highest BCUT2D eigenvalue weighted by Crippen LogP contribution is 2.11. The van der Waals surface area contributed by atoms with Crippen LogP contribution in [0.2, 0.25) is 0 Å². The van der Waals surface area contributed by atoms with Crippen molar-refractivity contribution in [1.29, 1.82) is 0 Å². The lowest BCUT2D eigenvalue weighted by atomic mass is 9.93. The van der Waals surface area contributed by atoms with Crippen LogP contribution in [0.15, 0.2) is 0 Å². The van der Waals surface area contributed by atoms with Crippen LogP contribution >= 0.6 is 0 Å². The van der Waals surface area contributed by atoms with Gasteiger partial charge in [0.15, 0.2) is 0 Å². The van der Waals surface area contributed by atoms with Gasteiger partial charge in [-0.05, 0) is 0 Å². The van der Waals surface area contributed by atoms with E-state index in [9.17, 15) is 0 Å². The molecule has 0 rings (SSSR count). The summed E-state index contributed by atoms with van der Waals surface area (Å²) in [4.78, 5) is 16.8. The monoisotopic (exact) mass is 260 g/mol. The van der Waals surface area contributed by atoms with Crippen LogP contribution < -0.4 is 0 Å². The van der Waals surface area contributed by atoms with Gasteiger partial charge in [0.2, 0.25) is 0 Å². The van der Waals surface area contributed by atoms with Crippen molar-refractivity contribution in [3.05, 3.63) is 0 Å². The molecule has 6 N–H and O–H groups in total. The number of hydrogen-bond donors (Lipinski definition) is 6. The lowest BCUT2D eigenvalue weighted by Crippen LogP contribution is -2.40. The zero-order valence-corrected chi connectivity index (χ0v) is 10.3. The lowest BCUT2D eigenvalue weighted by molar-refractivity contribution is -0.0328. The maximum atomic E-state index is 8.50. The highest BCUT2D eigenvalue weighted by Gasteiger charge is 2.32. The van der Waals surface area contributed by atoms with Gasteiger partial charge < -0.3 is 38.9 Å². The fourth-order valence-electron chi connectivity index (χ4n) is 0.383. The van der Waals surface area contributed by atoms with Crippen molar-refractivity contribution in [3.8, 4) is 0 Å². The molecule has 0 bridgehead atoms. The first-order chi connectivity index (χ1) is 7.36. The molecule has 100 valence electrons. The Kier molecular flexibility index (Phi) is 10.3. The van der Waals surface area contributed by atoms with Gasteiger partial charge >= 0.3 is 9.05 Å². The van der Waals surface area contributed by atoms with Crippen molar-refractivity contribution < 1.29 is 38.9 Å². The van der Waals surface area contributed by atoms with Crippen LogP contribution in [0, 0.1) is 5.41 Å². The minimum absolute atomic E-state index is 0.406. The van der Waals surface area contributed by atoms with Crippen LogP contribution in [0.3, 0.4) is 0 Å². The van der Waals surface area contributed by atoms with Crippen molar-refractivity contribution in [2.75, 3.05) is 40.6 Å². The lowest BCUT2D eigenvalue weighted by Gasteiger charge is -2.23. The van der Waals surface area contributed by atoms with Gasteiger partial charge in [-0.1, -0.05) is 0 Å². The first-order valence-electron chi connectivity index (χ1n) is 4.35. The molecule has 0 spiro atoms. The summed E-state index contributed by atoms with van der Waals surface area (Å²) in [5, 5.41) is 34.0. The third-order valence-electron chi connectivity index (χ3n) is 1.87. The van der Waals surface area contributed by atoms with Crippen molar-refractivity contribution in [3.63, 3.8) is 0 Å². The summed E-state index contributed by atoms with van der Waals surface area (Å²) < 4.78 is 8.23. The van der Waals surface area contributed by atoms with Crippen LogP contribution in [-0.2, 0) is 8.85 Å². The molecule has 0 saturated carbocycles. The molecule has 0 aromatic rings. The van der Waals surface area contributed by atoms with E-state index >= 15 is 0 Å². The van der Waals surface area contributed by atoms with Gasteiger partial charge in [0, 0.05) is 14.2 Å². The molecule has 9 heteroatoms. The van der Waals surface area contributed by atoms with E-state index in [2.05, 4.69) is 8.85 Å². The Morgan fingerprint density at radius 1 is 0.812 bits per heavy atom. The third-order valence-corrected chi connectivity index (χ3v) is 2.94. The summed E-state index contributed by atoms with van der Waals surface area (Å²) >= 11 is 0. The summed E-state index contributed by atoms with van der Waals surface area (Å²) in [5.74, 6) is 0. The first kappa shape index (κ1) is 18.3. The Bertz CT molecular complexity index is 137. The van der Waals surface area contributed by atoms with Gasteiger partial charge in [-0.3, -0.25) is 0 Å². The second-order valence-corrected chi connectivity index (χ2v) is 5.00. The minimum Gasteiger partial charge on any atom is -0.396 e. The summed E-state index contributed by atoms with van der Waals surface area (Å²) in [6.45, 7) is -1.62. The molecule has 0 radical (unpaired) electrons. The van der Waals surface area contributed by atoms with E-state index in [0.29, 0.717) is 0 Å². The Morgan fingerprint density at radius 2 is 1.06 bits per heavy atom. The van der Waals surface area contributed by atoms with Gasteiger partial charge in [0.05, 0.1) is 31.8 Å². The Hall–Kier alpha value is -0.103. The molecule has 0 unspecified atom stereocenters. The van der Waals surface area contributed by atoms with E-state index in [0.717, 1.165) is 0 Å². The van der Waals surface area contributed by atoms with Crippen LogP contribution in [0.1, 0.15) is 0 Å². The summed E-state index contributed by atoms with van der Waals surface area (Å²) in [6, 6.07) is 0. The molecule has 0 fully saturated rings. The van der Waals surface area contributed by atoms with Gasteiger partial charge in [-0.25, -0.2) is 0 Å². The molecule has 0 amide bonds. The average molecular weight is 260 g/mol. The molecule has 8 nitrogen and oxygen atoms in total. The highest BCUT2D eigenvalue weighted by atomic mass is 28.4. The maximum absolute atomic E-state index is 8.50. The standard InChI is InChI=1S/C5H12O4.C2H8O4Si/c6-1-5(2-7,3-8)4-9;1-5-7(3,4)6-2/h6-9H,1-4H2;3-4H,1-2H3. The predicted octanol–water partition coefficient (Wildman–Crippen LogP) is -3.36. The molecule has 16 heavy (non-hydrogen) atoms. The molecule has 0 aliphatic rings. The quantitative estimate of drug-likeness (QED) is 0.272. The predicted molar refractivity (Wildman–Crippen MR) is 55.0 cm³/mol. The summed E-state index contributed by atoms with van der Waals surface area (Å²) in [7, 11) is -1.30. The Balaban J connectivity index is 0. The average Bonchev–Trinajstić information content (AvgIpc) is 2.34. The fourth-order valence-corrected chi connectivity index (χ4v) is 0.550. The molecule has 0 aromatic carbocycles.